The molecule has 1 aliphatic carbocycles. The van der Waals surface area contributed by atoms with Crippen molar-refractivity contribution >= 4 is 11.8 Å². The predicted molar refractivity (Wildman–Crippen MR) is 85.8 cm³/mol. The Morgan fingerprint density at radius 3 is 3.04 bits per heavy atom. The monoisotopic (exact) mass is 336 g/mol. The molecule has 2 aliphatic rings. The first kappa shape index (κ1) is 16.9. The molecule has 2 heterocycles. The molecule has 1 aromatic heterocycles. The van der Waals surface area contributed by atoms with Crippen LogP contribution in [0.3, 0.4) is 0 Å². The van der Waals surface area contributed by atoms with Crippen LogP contribution in [0.4, 0.5) is 0 Å². The van der Waals surface area contributed by atoms with Gasteiger partial charge in [-0.3, -0.25) is 14.7 Å². The Kier molecular flexibility index (Phi) is 4.86. The molecular formula is C16H24N4O4. The van der Waals surface area contributed by atoms with Gasteiger partial charge in [0, 0.05) is 32.0 Å². The maximum Gasteiger partial charge on any atom is 0.274 e. The van der Waals surface area contributed by atoms with Crippen LogP contribution in [0.25, 0.3) is 0 Å². The number of aryl methyl sites for hydroxylation is 1. The Morgan fingerprint density at radius 2 is 2.29 bits per heavy atom. The highest BCUT2D eigenvalue weighted by Gasteiger charge is 2.41. The lowest BCUT2D eigenvalue weighted by Crippen LogP contribution is -2.57. The number of carbonyl (C=O) groups excluding carboxylic acids is 2. The number of amides is 2. The summed E-state index contributed by atoms with van der Waals surface area (Å²) >= 11 is 0. The third kappa shape index (κ3) is 3.16. The van der Waals surface area contributed by atoms with Crippen molar-refractivity contribution in [1.82, 2.24) is 20.4 Å². The molecule has 1 unspecified atom stereocenters. The average Bonchev–Trinajstić information content (AvgIpc) is 3.17. The van der Waals surface area contributed by atoms with E-state index in [9.17, 15) is 9.59 Å². The van der Waals surface area contributed by atoms with E-state index in [0.29, 0.717) is 25.4 Å². The third-order valence-electron chi connectivity index (χ3n) is 4.71. The van der Waals surface area contributed by atoms with Gasteiger partial charge in [-0.1, -0.05) is 0 Å². The molecule has 1 fully saturated rings. The van der Waals surface area contributed by atoms with E-state index in [1.54, 1.807) is 19.1 Å². The summed E-state index contributed by atoms with van der Waals surface area (Å²) in [6, 6.07) is 0. The van der Waals surface area contributed by atoms with Crippen LogP contribution in [-0.4, -0.2) is 73.0 Å². The summed E-state index contributed by atoms with van der Waals surface area (Å²) in [5.41, 5.74) is 1.80. The van der Waals surface area contributed by atoms with Gasteiger partial charge in [0.2, 0.25) is 5.91 Å². The zero-order valence-corrected chi connectivity index (χ0v) is 14.2. The number of hydrogen-bond acceptors (Lipinski definition) is 5. The molecule has 0 saturated carbocycles. The van der Waals surface area contributed by atoms with Gasteiger partial charge in [-0.25, -0.2) is 0 Å². The van der Waals surface area contributed by atoms with Gasteiger partial charge in [0.15, 0.2) is 5.69 Å². The fourth-order valence-electron chi connectivity index (χ4n) is 3.55. The number of morpholine rings is 1. The highest BCUT2D eigenvalue weighted by Crippen LogP contribution is 2.27. The van der Waals surface area contributed by atoms with Crippen molar-refractivity contribution in [1.29, 1.82) is 0 Å². The van der Waals surface area contributed by atoms with Crippen LogP contribution in [0.2, 0.25) is 0 Å². The van der Waals surface area contributed by atoms with Crippen molar-refractivity contribution in [3.63, 3.8) is 0 Å². The third-order valence-corrected chi connectivity index (χ3v) is 4.71. The molecule has 0 bridgehead atoms. The number of fused-ring (bicyclic) bond motifs is 1. The van der Waals surface area contributed by atoms with Crippen molar-refractivity contribution in [3.05, 3.63) is 17.0 Å². The lowest BCUT2D eigenvalue weighted by molar-refractivity contribution is -0.150. The van der Waals surface area contributed by atoms with Gasteiger partial charge in [0.05, 0.1) is 26.2 Å². The Labute approximate surface area is 140 Å². The zero-order valence-electron chi connectivity index (χ0n) is 14.2. The van der Waals surface area contributed by atoms with E-state index < -0.39 is 5.60 Å². The Bertz CT molecular complexity index is 626. The SMILES string of the molecule is CNC(=O)CC1(COC)CN(C(=O)c2n[nH]c3c2CCC3)CCO1. The van der Waals surface area contributed by atoms with Crippen molar-refractivity contribution in [2.24, 2.45) is 0 Å². The quantitative estimate of drug-likeness (QED) is 0.782. The molecule has 2 amide bonds. The molecular weight excluding hydrogens is 312 g/mol. The molecule has 0 aromatic carbocycles. The minimum absolute atomic E-state index is 0.102. The molecule has 1 atom stereocenters. The maximum absolute atomic E-state index is 12.9. The number of aromatic nitrogens is 2. The van der Waals surface area contributed by atoms with Crippen LogP contribution < -0.4 is 5.32 Å². The van der Waals surface area contributed by atoms with E-state index in [1.165, 1.54) is 0 Å². The lowest BCUT2D eigenvalue weighted by atomic mass is 9.97. The van der Waals surface area contributed by atoms with Gasteiger partial charge in [-0.15, -0.1) is 0 Å². The minimum Gasteiger partial charge on any atom is -0.382 e. The predicted octanol–water partition coefficient (Wildman–Crippen LogP) is -0.108. The van der Waals surface area contributed by atoms with Crippen LogP contribution in [0, 0.1) is 0 Å². The summed E-state index contributed by atoms with van der Waals surface area (Å²) in [6.45, 7) is 1.43. The highest BCUT2D eigenvalue weighted by atomic mass is 16.5. The number of carbonyl (C=O) groups is 2. The second-order valence-corrected chi connectivity index (χ2v) is 6.42. The molecule has 0 spiro atoms. The number of methoxy groups -OCH3 is 1. The fraction of sp³-hybridized carbons (Fsp3) is 0.688. The molecule has 132 valence electrons. The summed E-state index contributed by atoms with van der Waals surface area (Å²) in [7, 11) is 3.15. The molecule has 8 nitrogen and oxygen atoms in total. The topological polar surface area (TPSA) is 96.5 Å². The van der Waals surface area contributed by atoms with Gasteiger partial charge >= 0.3 is 0 Å². The lowest BCUT2D eigenvalue weighted by Gasteiger charge is -2.41. The number of nitrogens with one attached hydrogen (secondary N) is 2. The first-order valence-electron chi connectivity index (χ1n) is 8.27. The summed E-state index contributed by atoms with van der Waals surface area (Å²) in [5.74, 6) is -0.239. The summed E-state index contributed by atoms with van der Waals surface area (Å²) in [5, 5.41) is 9.80. The van der Waals surface area contributed by atoms with Crippen LogP contribution in [-0.2, 0) is 27.1 Å². The minimum atomic E-state index is -0.817. The number of H-pyrrole nitrogens is 1. The zero-order chi connectivity index (χ0) is 17.2. The second kappa shape index (κ2) is 6.90. The van der Waals surface area contributed by atoms with Crippen LogP contribution in [0.15, 0.2) is 0 Å². The van der Waals surface area contributed by atoms with E-state index in [0.717, 1.165) is 30.5 Å². The van der Waals surface area contributed by atoms with Gasteiger partial charge in [0.1, 0.15) is 5.60 Å². The number of aromatic amines is 1. The Hall–Kier alpha value is -1.93. The molecule has 0 radical (unpaired) electrons. The largest absolute Gasteiger partial charge is 0.382 e. The standard InChI is InChI=1S/C16H24N4O4/c1-17-13(21)8-16(10-23-2)9-20(6-7-24-16)15(22)14-11-4-3-5-12(11)18-19-14/h3-10H2,1-2H3,(H,17,21)(H,18,19). The van der Waals surface area contributed by atoms with Crippen molar-refractivity contribution in [2.75, 3.05) is 40.5 Å². The van der Waals surface area contributed by atoms with Crippen molar-refractivity contribution in [2.45, 2.75) is 31.3 Å². The first-order chi connectivity index (χ1) is 11.6. The normalized spacial score (nSPS) is 23.2. The van der Waals surface area contributed by atoms with Gasteiger partial charge in [0.25, 0.3) is 5.91 Å². The fourth-order valence-corrected chi connectivity index (χ4v) is 3.55. The van der Waals surface area contributed by atoms with E-state index in [2.05, 4.69) is 15.5 Å². The van der Waals surface area contributed by atoms with Crippen molar-refractivity contribution in [3.8, 4) is 0 Å². The number of nitrogens with zero attached hydrogens (tertiary/aromatic N) is 2. The van der Waals surface area contributed by atoms with E-state index in [4.69, 9.17) is 9.47 Å². The number of rotatable bonds is 5. The van der Waals surface area contributed by atoms with E-state index in [1.807, 2.05) is 0 Å². The number of ether oxygens (including phenoxy) is 2. The van der Waals surface area contributed by atoms with Gasteiger partial charge in [-0.2, -0.15) is 5.10 Å². The van der Waals surface area contributed by atoms with Crippen LogP contribution in [0.1, 0.15) is 34.6 Å². The molecule has 1 aromatic rings. The van der Waals surface area contributed by atoms with Crippen LogP contribution in [0.5, 0.6) is 0 Å². The van der Waals surface area contributed by atoms with Gasteiger partial charge in [-0.05, 0) is 19.3 Å². The summed E-state index contributed by atoms with van der Waals surface area (Å²) in [6.07, 6.45) is 3.04. The number of hydrogen-bond donors (Lipinski definition) is 2. The molecule has 1 aliphatic heterocycles. The summed E-state index contributed by atoms with van der Waals surface area (Å²) in [4.78, 5) is 26.5. The average molecular weight is 336 g/mol. The van der Waals surface area contributed by atoms with Gasteiger partial charge < -0.3 is 19.7 Å². The molecule has 2 N–H and O–H groups in total. The molecule has 24 heavy (non-hydrogen) atoms. The second-order valence-electron chi connectivity index (χ2n) is 6.42. The Balaban J connectivity index is 1.78. The molecule has 8 heteroatoms. The highest BCUT2D eigenvalue weighted by molar-refractivity contribution is 5.94. The maximum atomic E-state index is 12.9. The Morgan fingerprint density at radius 1 is 1.46 bits per heavy atom. The van der Waals surface area contributed by atoms with E-state index in [-0.39, 0.29) is 24.8 Å². The molecule has 1 saturated heterocycles. The van der Waals surface area contributed by atoms with E-state index >= 15 is 0 Å². The van der Waals surface area contributed by atoms with Crippen LogP contribution >= 0.6 is 0 Å². The molecule has 3 rings (SSSR count). The summed E-state index contributed by atoms with van der Waals surface area (Å²) < 4.78 is 11.1. The first-order valence-corrected chi connectivity index (χ1v) is 8.27. The van der Waals surface area contributed by atoms with Crippen molar-refractivity contribution < 1.29 is 19.1 Å². The smallest absolute Gasteiger partial charge is 0.274 e.